The molecular weight excluding hydrogens is 356 g/mol. The van der Waals surface area contributed by atoms with Gasteiger partial charge in [-0.1, -0.05) is 6.07 Å². The van der Waals surface area contributed by atoms with E-state index < -0.39 is 16.1 Å². The molecule has 0 fully saturated rings. The van der Waals surface area contributed by atoms with Crippen molar-refractivity contribution in [3.05, 3.63) is 46.8 Å². The van der Waals surface area contributed by atoms with Crippen LogP contribution in [-0.4, -0.2) is 32.7 Å². The van der Waals surface area contributed by atoms with Gasteiger partial charge in [0.25, 0.3) is 0 Å². The van der Waals surface area contributed by atoms with Gasteiger partial charge in [-0.25, -0.2) is 13.1 Å². The number of hydrogen-bond donors (Lipinski definition) is 2. The van der Waals surface area contributed by atoms with E-state index in [1.807, 2.05) is 0 Å². The molecule has 2 N–H and O–H groups in total. The van der Waals surface area contributed by atoms with Crippen molar-refractivity contribution in [1.29, 1.82) is 0 Å². The standard InChI is InChI=1S/C18H24N2O5S/c1-11-8-16(24-4)17(25-5)9-18(11)26(22,23)19-10-14-6-7-15(13(3)21)12(2)20-14/h6-9,13,19,21H,10H2,1-5H3/t13-/m1/s1. The zero-order valence-electron chi connectivity index (χ0n) is 15.5. The van der Waals surface area contributed by atoms with Gasteiger partial charge < -0.3 is 14.6 Å². The summed E-state index contributed by atoms with van der Waals surface area (Å²) in [5.74, 6) is 0.809. The van der Waals surface area contributed by atoms with Gasteiger partial charge in [-0.3, -0.25) is 4.98 Å². The summed E-state index contributed by atoms with van der Waals surface area (Å²) in [6, 6.07) is 6.50. The molecule has 0 aliphatic heterocycles. The largest absolute Gasteiger partial charge is 0.493 e. The highest BCUT2D eigenvalue weighted by molar-refractivity contribution is 7.89. The van der Waals surface area contributed by atoms with Crippen LogP contribution >= 0.6 is 0 Å². The number of aliphatic hydroxyl groups is 1. The van der Waals surface area contributed by atoms with Crippen molar-refractivity contribution in [2.45, 2.75) is 38.3 Å². The van der Waals surface area contributed by atoms with E-state index >= 15 is 0 Å². The van der Waals surface area contributed by atoms with Crippen molar-refractivity contribution in [2.75, 3.05) is 14.2 Å². The minimum atomic E-state index is -3.76. The smallest absolute Gasteiger partial charge is 0.241 e. The number of nitrogens with one attached hydrogen (secondary N) is 1. The molecule has 2 aromatic rings. The Bertz CT molecular complexity index is 895. The van der Waals surface area contributed by atoms with Gasteiger partial charge >= 0.3 is 0 Å². The minimum Gasteiger partial charge on any atom is -0.493 e. The molecule has 2 rings (SSSR count). The van der Waals surface area contributed by atoms with Crippen molar-refractivity contribution in [3.63, 3.8) is 0 Å². The number of nitrogens with zero attached hydrogens (tertiary/aromatic N) is 1. The number of pyridine rings is 1. The molecule has 0 aliphatic carbocycles. The number of benzene rings is 1. The Morgan fingerprint density at radius 1 is 1.15 bits per heavy atom. The number of rotatable bonds is 7. The van der Waals surface area contributed by atoms with Crippen LogP contribution in [0.25, 0.3) is 0 Å². The molecule has 1 atom stereocenters. The summed E-state index contributed by atoms with van der Waals surface area (Å²) in [6.07, 6.45) is -0.623. The van der Waals surface area contributed by atoms with Gasteiger partial charge in [-0.05, 0) is 38.5 Å². The fraction of sp³-hybridized carbons (Fsp3) is 0.389. The zero-order chi connectivity index (χ0) is 19.5. The number of aromatic nitrogens is 1. The Morgan fingerprint density at radius 2 is 1.77 bits per heavy atom. The van der Waals surface area contributed by atoms with E-state index in [2.05, 4.69) is 9.71 Å². The molecule has 26 heavy (non-hydrogen) atoms. The summed E-state index contributed by atoms with van der Waals surface area (Å²) >= 11 is 0. The predicted molar refractivity (Wildman–Crippen MR) is 97.9 cm³/mol. The summed E-state index contributed by atoms with van der Waals surface area (Å²) in [6.45, 7) is 5.16. The minimum absolute atomic E-state index is 0.0387. The molecule has 0 spiro atoms. The first-order valence-electron chi connectivity index (χ1n) is 8.06. The fourth-order valence-corrected chi connectivity index (χ4v) is 3.90. The van der Waals surface area contributed by atoms with Crippen LogP contribution in [0.1, 0.15) is 35.5 Å². The molecule has 1 heterocycles. The van der Waals surface area contributed by atoms with Gasteiger partial charge in [0.05, 0.1) is 37.5 Å². The molecular formula is C18H24N2O5S. The Labute approximate surface area is 154 Å². The highest BCUT2D eigenvalue weighted by Gasteiger charge is 2.20. The van der Waals surface area contributed by atoms with E-state index in [1.165, 1.54) is 20.3 Å². The molecule has 8 heteroatoms. The maximum Gasteiger partial charge on any atom is 0.241 e. The van der Waals surface area contributed by atoms with E-state index in [4.69, 9.17) is 9.47 Å². The molecule has 0 aliphatic rings. The monoisotopic (exact) mass is 380 g/mol. The third-order valence-corrected chi connectivity index (χ3v) is 5.59. The van der Waals surface area contributed by atoms with Gasteiger partial charge in [-0.15, -0.1) is 0 Å². The van der Waals surface area contributed by atoms with Crippen LogP contribution in [0.2, 0.25) is 0 Å². The van der Waals surface area contributed by atoms with Crippen molar-refractivity contribution in [3.8, 4) is 11.5 Å². The van der Waals surface area contributed by atoms with Crippen molar-refractivity contribution >= 4 is 10.0 Å². The number of aliphatic hydroxyl groups excluding tert-OH is 1. The van der Waals surface area contributed by atoms with Gasteiger partial charge in [-0.2, -0.15) is 0 Å². The quantitative estimate of drug-likeness (QED) is 0.765. The zero-order valence-corrected chi connectivity index (χ0v) is 16.3. The second-order valence-electron chi connectivity index (χ2n) is 5.95. The average molecular weight is 380 g/mol. The highest BCUT2D eigenvalue weighted by Crippen LogP contribution is 2.32. The van der Waals surface area contributed by atoms with E-state index in [0.717, 1.165) is 0 Å². The molecule has 0 bridgehead atoms. The van der Waals surface area contributed by atoms with E-state index in [1.54, 1.807) is 39.0 Å². The fourth-order valence-electron chi connectivity index (χ4n) is 2.66. The topological polar surface area (TPSA) is 97.8 Å². The van der Waals surface area contributed by atoms with Crippen LogP contribution < -0.4 is 14.2 Å². The average Bonchev–Trinajstić information content (AvgIpc) is 2.59. The lowest BCUT2D eigenvalue weighted by molar-refractivity contribution is 0.198. The van der Waals surface area contributed by atoms with Crippen molar-refractivity contribution < 1.29 is 23.0 Å². The molecule has 1 aromatic carbocycles. The maximum atomic E-state index is 12.7. The van der Waals surface area contributed by atoms with Gasteiger partial charge in [0.15, 0.2) is 11.5 Å². The van der Waals surface area contributed by atoms with Crippen LogP contribution in [0.4, 0.5) is 0 Å². The summed E-state index contributed by atoms with van der Waals surface area (Å²) in [4.78, 5) is 4.46. The second-order valence-corrected chi connectivity index (χ2v) is 7.69. The number of ether oxygens (including phenoxy) is 2. The van der Waals surface area contributed by atoms with Crippen molar-refractivity contribution in [1.82, 2.24) is 9.71 Å². The van der Waals surface area contributed by atoms with Crippen molar-refractivity contribution in [2.24, 2.45) is 0 Å². The van der Waals surface area contributed by atoms with E-state index in [9.17, 15) is 13.5 Å². The molecule has 0 saturated heterocycles. The molecule has 7 nitrogen and oxygen atoms in total. The van der Waals surface area contributed by atoms with Gasteiger partial charge in [0.1, 0.15) is 0 Å². The summed E-state index contributed by atoms with van der Waals surface area (Å²) in [5.41, 5.74) is 2.49. The molecule has 0 radical (unpaired) electrons. The van der Waals surface area contributed by atoms with Crippen LogP contribution in [0.15, 0.2) is 29.2 Å². The molecule has 0 amide bonds. The number of methoxy groups -OCH3 is 2. The third kappa shape index (κ3) is 4.32. The van der Waals surface area contributed by atoms with Crippen LogP contribution in [0.5, 0.6) is 11.5 Å². The van der Waals surface area contributed by atoms with Crippen LogP contribution in [-0.2, 0) is 16.6 Å². The lowest BCUT2D eigenvalue weighted by Crippen LogP contribution is -2.24. The first-order chi connectivity index (χ1) is 12.2. The normalized spacial score (nSPS) is 12.7. The predicted octanol–water partition coefficient (Wildman–Crippen LogP) is 2.25. The van der Waals surface area contributed by atoms with E-state index in [0.29, 0.717) is 34.0 Å². The molecule has 142 valence electrons. The molecule has 1 aromatic heterocycles. The number of sulfonamides is 1. The van der Waals surface area contributed by atoms with Crippen LogP contribution in [0.3, 0.4) is 0 Å². The van der Waals surface area contributed by atoms with Gasteiger partial charge in [0, 0.05) is 17.3 Å². The number of aryl methyl sites for hydroxylation is 2. The molecule has 0 unspecified atom stereocenters. The van der Waals surface area contributed by atoms with Crippen LogP contribution in [0, 0.1) is 13.8 Å². The molecule has 0 saturated carbocycles. The Hall–Kier alpha value is -2.16. The summed E-state index contributed by atoms with van der Waals surface area (Å²) in [5, 5.41) is 9.65. The first kappa shape index (κ1) is 20.2. The lowest BCUT2D eigenvalue weighted by atomic mass is 10.1. The Morgan fingerprint density at radius 3 is 2.31 bits per heavy atom. The summed E-state index contributed by atoms with van der Waals surface area (Å²) < 4.78 is 38.3. The SMILES string of the molecule is COc1cc(C)c(S(=O)(=O)NCc2ccc([C@@H](C)O)c(C)n2)cc1OC. The Kier molecular flexibility index (Phi) is 6.22. The first-order valence-corrected chi connectivity index (χ1v) is 9.54. The Balaban J connectivity index is 2.25. The third-order valence-electron chi connectivity index (χ3n) is 4.05. The van der Waals surface area contributed by atoms with E-state index in [-0.39, 0.29) is 11.4 Å². The van der Waals surface area contributed by atoms with Gasteiger partial charge in [0.2, 0.25) is 10.0 Å². The maximum absolute atomic E-state index is 12.7. The second kappa shape index (κ2) is 8.03. The lowest BCUT2D eigenvalue weighted by Gasteiger charge is -2.14. The number of hydrogen-bond acceptors (Lipinski definition) is 6. The summed E-state index contributed by atoms with van der Waals surface area (Å²) in [7, 11) is -0.814. The highest BCUT2D eigenvalue weighted by atomic mass is 32.2.